The van der Waals surface area contributed by atoms with E-state index in [1.165, 1.54) is 30.0 Å². The van der Waals surface area contributed by atoms with Crippen LogP contribution in [0.4, 0.5) is 8.78 Å². The summed E-state index contributed by atoms with van der Waals surface area (Å²) in [6.45, 7) is 2.58. The highest BCUT2D eigenvalue weighted by molar-refractivity contribution is 7.99. The second kappa shape index (κ2) is 12.7. The number of aliphatic hydroxyl groups is 2. The number of halogens is 3. The molecule has 1 aliphatic rings. The third-order valence-corrected chi connectivity index (χ3v) is 8.86. The lowest BCUT2D eigenvalue weighted by atomic mass is 9.74. The molecular formula is C28H33ClF2N2O3S. The number of nitrogens with zero attached hydrogens (tertiary/aromatic N) is 2. The van der Waals surface area contributed by atoms with Crippen molar-refractivity contribution in [2.75, 3.05) is 39.1 Å². The summed E-state index contributed by atoms with van der Waals surface area (Å²) >= 11 is 7.67. The van der Waals surface area contributed by atoms with E-state index in [4.69, 9.17) is 16.3 Å². The fourth-order valence-corrected chi connectivity index (χ4v) is 6.21. The number of aliphatic hydroxyl groups excluding tert-OH is 2. The van der Waals surface area contributed by atoms with Crippen molar-refractivity contribution in [3.05, 3.63) is 64.8 Å². The molecule has 1 saturated heterocycles. The molecule has 3 aromatic rings. The zero-order valence-corrected chi connectivity index (χ0v) is 22.5. The van der Waals surface area contributed by atoms with Gasteiger partial charge < -0.3 is 19.8 Å². The monoisotopic (exact) mass is 550 g/mol. The van der Waals surface area contributed by atoms with E-state index < -0.39 is 17.7 Å². The van der Waals surface area contributed by atoms with Gasteiger partial charge in [-0.25, -0.2) is 8.78 Å². The fraction of sp³-hybridized carbons (Fsp3) is 0.464. The molecule has 0 bridgehead atoms. The van der Waals surface area contributed by atoms with Crippen LogP contribution >= 0.6 is 23.4 Å². The number of thioether (sulfide) groups is 1. The second-order valence-electron chi connectivity index (χ2n) is 9.71. The number of methoxy groups -OCH3 is 1. The molecule has 0 spiro atoms. The van der Waals surface area contributed by atoms with Crippen molar-refractivity contribution in [1.82, 2.24) is 9.88 Å². The highest BCUT2D eigenvalue weighted by Crippen LogP contribution is 2.40. The van der Waals surface area contributed by atoms with Crippen LogP contribution in [0.15, 0.2) is 47.5 Å². The van der Waals surface area contributed by atoms with Gasteiger partial charge in [-0.1, -0.05) is 17.7 Å². The Hall–Kier alpha value is -1.97. The van der Waals surface area contributed by atoms with Crippen LogP contribution in [-0.2, 0) is 0 Å². The minimum Gasteiger partial charge on any atom is -0.497 e. The molecule has 2 N–H and O–H groups in total. The Kier molecular flexibility index (Phi) is 9.64. The van der Waals surface area contributed by atoms with Gasteiger partial charge in [-0.3, -0.25) is 4.98 Å². The summed E-state index contributed by atoms with van der Waals surface area (Å²) in [5.74, 6) is 0.273. The van der Waals surface area contributed by atoms with E-state index in [9.17, 15) is 19.0 Å². The van der Waals surface area contributed by atoms with E-state index in [-0.39, 0.29) is 16.9 Å². The maximum absolute atomic E-state index is 13.8. The fourth-order valence-electron chi connectivity index (χ4n) is 5.04. The van der Waals surface area contributed by atoms with Gasteiger partial charge in [0.1, 0.15) is 17.4 Å². The van der Waals surface area contributed by atoms with Crippen LogP contribution < -0.4 is 4.74 Å². The zero-order chi connectivity index (χ0) is 26.4. The first-order valence-corrected chi connectivity index (χ1v) is 13.9. The Bertz CT molecular complexity index is 1190. The Labute approximate surface area is 225 Å². The molecular weight excluding hydrogens is 518 g/mol. The molecule has 4 rings (SSSR count). The lowest BCUT2D eigenvalue weighted by Gasteiger charge is -2.41. The predicted octanol–water partition coefficient (Wildman–Crippen LogP) is 6.25. The number of ether oxygens (including phenoxy) is 1. The van der Waals surface area contributed by atoms with Gasteiger partial charge >= 0.3 is 0 Å². The maximum Gasteiger partial charge on any atom is 0.139 e. The molecule has 200 valence electrons. The molecule has 2 aromatic carbocycles. The standard InChI is InChI=1S/C28H33ClF2N2O3S/c1-36-19-6-7-24-20(16-19)26(21(29)17-32-24)25(35)8-9-28(18-34)10-13-33(14-11-28)12-3-15-37-27-22(30)4-2-5-23(27)31/h2,4-7,16-17,25,34-35H,3,8-15,18H2,1H3. The topological polar surface area (TPSA) is 65.8 Å². The number of hydrogen-bond donors (Lipinski definition) is 2. The van der Waals surface area contributed by atoms with Gasteiger partial charge in [-0.15, -0.1) is 11.8 Å². The molecule has 1 fully saturated rings. The van der Waals surface area contributed by atoms with Crippen molar-refractivity contribution in [2.24, 2.45) is 5.41 Å². The quantitative estimate of drug-likeness (QED) is 0.217. The minimum atomic E-state index is -0.789. The van der Waals surface area contributed by atoms with Gasteiger partial charge in [0.2, 0.25) is 0 Å². The van der Waals surface area contributed by atoms with Gasteiger partial charge in [0, 0.05) is 23.8 Å². The molecule has 2 heterocycles. The van der Waals surface area contributed by atoms with Crippen molar-refractivity contribution in [3.63, 3.8) is 0 Å². The van der Waals surface area contributed by atoms with Gasteiger partial charge in [-0.05, 0) is 93.2 Å². The van der Waals surface area contributed by atoms with E-state index in [0.717, 1.165) is 49.8 Å². The van der Waals surface area contributed by atoms with E-state index in [1.807, 2.05) is 18.2 Å². The molecule has 1 atom stereocenters. The molecule has 0 amide bonds. The molecule has 0 saturated carbocycles. The van der Waals surface area contributed by atoms with Crippen molar-refractivity contribution in [2.45, 2.75) is 43.1 Å². The first-order chi connectivity index (χ1) is 17.9. The van der Waals surface area contributed by atoms with E-state index in [0.29, 0.717) is 34.9 Å². The SMILES string of the molecule is COc1ccc2ncc(Cl)c(C(O)CCC3(CO)CCN(CCCSc4c(F)cccc4F)CC3)c2c1. The third-order valence-electron chi connectivity index (χ3n) is 7.39. The summed E-state index contributed by atoms with van der Waals surface area (Å²) in [7, 11) is 1.59. The largest absolute Gasteiger partial charge is 0.497 e. The Morgan fingerprint density at radius 3 is 2.59 bits per heavy atom. The van der Waals surface area contributed by atoms with Crippen LogP contribution in [0.5, 0.6) is 5.75 Å². The molecule has 1 aromatic heterocycles. The number of rotatable bonds is 11. The van der Waals surface area contributed by atoms with Crippen LogP contribution in [0.2, 0.25) is 5.02 Å². The number of pyridine rings is 1. The number of benzene rings is 2. The molecule has 9 heteroatoms. The van der Waals surface area contributed by atoms with Crippen LogP contribution in [0.1, 0.15) is 43.8 Å². The number of fused-ring (bicyclic) bond motifs is 1. The van der Waals surface area contributed by atoms with Crippen LogP contribution in [0.3, 0.4) is 0 Å². The lowest BCUT2D eigenvalue weighted by molar-refractivity contribution is 0.0238. The summed E-state index contributed by atoms with van der Waals surface area (Å²) in [4.78, 5) is 6.78. The Balaban J connectivity index is 1.30. The number of likely N-dealkylation sites (tertiary alicyclic amines) is 1. The molecule has 0 radical (unpaired) electrons. The number of hydrogen-bond acceptors (Lipinski definition) is 6. The van der Waals surface area contributed by atoms with E-state index in [1.54, 1.807) is 13.3 Å². The number of aromatic nitrogens is 1. The zero-order valence-electron chi connectivity index (χ0n) is 20.9. The smallest absolute Gasteiger partial charge is 0.139 e. The highest BCUT2D eigenvalue weighted by atomic mass is 35.5. The first-order valence-electron chi connectivity index (χ1n) is 12.6. The predicted molar refractivity (Wildman–Crippen MR) is 144 cm³/mol. The first kappa shape index (κ1) is 28.0. The summed E-state index contributed by atoms with van der Waals surface area (Å²) in [5.41, 5.74) is 1.12. The normalized spacial score (nSPS) is 16.7. The van der Waals surface area contributed by atoms with Gasteiger partial charge in [0.05, 0.1) is 28.6 Å². The summed E-state index contributed by atoms with van der Waals surface area (Å²) in [5, 5.41) is 22.6. The molecule has 1 unspecified atom stereocenters. The van der Waals surface area contributed by atoms with Crippen LogP contribution in [0.25, 0.3) is 10.9 Å². The lowest BCUT2D eigenvalue weighted by Crippen LogP contribution is -2.42. The summed E-state index contributed by atoms with van der Waals surface area (Å²) in [6.07, 6.45) is 4.39. The molecule has 0 aliphatic carbocycles. The molecule has 1 aliphatic heterocycles. The Morgan fingerprint density at radius 1 is 1.19 bits per heavy atom. The average molecular weight is 551 g/mol. The van der Waals surface area contributed by atoms with Crippen molar-refractivity contribution >= 4 is 34.3 Å². The van der Waals surface area contributed by atoms with Crippen molar-refractivity contribution < 1.29 is 23.7 Å². The van der Waals surface area contributed by atoms with Gasteiger partial charge in [0.25, 0.3) is 0 Å². The third kappa shape index (κ3) is 6.73. The summed E-state index contributed by atoms with van der Waals surface area (Å²) in [6, 6.07) is 9.44. The van der Waals surface area contributed by atoms with Crippen molar-refractivity contribution in [3.8, 4) is 5.75 Å². The minimum absolute atomic E-state index is 0.0641. The van der Waals surface area contributed by atoms with E-state index >= 15 is 0 Å². The maximum atomic E-state index is 13.8. The second-order valence-corrected chi connectivity index (χ2v) is 11.2. The molecule has 37 heavy (non-hydrogen) atoms. The van der Waals surface area contributed by atoms with Gasteiger partial charge in [-0.2, -0.15) is 0 Å². The molecule has 5 nitrogen and oxygen atoms in total. The van der Waals surface area contributed by atoms with Crippen LogP contribution in [-0.4, -0.2) is 59.2 Å². The Morgan fingerprint density at radius 2 is 1.92 bits per heavy atom. The average Bonchev–Trinajstić information content (AvgIpc) is 2.91. The number of piperidine rings is 1. The van der Waals surface area contributed by atoms with Gasteiger partial charge in [0.15, 0.2) is 0 Å². The summed E-state index contributed by atoms with van der Waals surface area (Å²) < 4.78 is 32.9. The van der Waals surface area contributed by atoms with Crippen molar-refractivity contribution in [1.29, 1.82) is 0 Å². The highest BCUT2D eigenvalue weighted by Gasteiger charge is 2.34. The van der Waals surface area contributed by atoms with E-state index in [2.05, 4.69) is 9.88 Å². The van der Waals surface area contributed by atoms with Crippen LogP contribution in [0, 0.1) is 17.0 Å².